The van der Waals surface area contributed by atoms with E-state index in [9.17, 15) is 4.79 Å². The van der Waals surface area contributed by atoms with Crippen LogP contribution in [-0.4, -0.2) is 18.5 Å². The van der Waals surface area contributed by atoms with Crippen LogP contribution in [0.3, 0.4) is 0 Å². The fourth-order valence-electron chi connectivity index (χ4n) is 1.65. The van der Waals surface area contributed by atoms with E-state index in [1.54, 1.807) is 11.3 Å². The summed E-state index contributed by atoms with van der Waals surface area (Å²) < 4.78 is 1.10. The molecule has 1 aromatic rings. The molecule has 0 bridgehead atoms. The molecule has 0 saturated carbocycles. The third-order valence-electron chi connectivity index (χ3n) is 2.44. The van der Waals surface area contributed by atoms with E-state index in [0.29, 0.717) is 6.54 Å². The number of carbonyl (C=O) groups excluding carboxylic acids is 1. The molecule has 0 spiro atoms. The predicted molar refractivity (Wildman–Crippen MR) is 64.9 cm³/mol. The van der Waals surface area contributed by atoms with Crippen molar-refractivity contribution in [2.45, 2.75) is 25.4 Å². The van der Waals surface area contributed by atoms with Gasteiger partial charge in [-0.3, -0.25) is 4.79 Å². The summed E-state index contributed by atoms with van der Waals surface area (Å²) in [5.41, 5.74) is 0. The second-order valence-corrected chi connectivity index (χ2v) is 6.12. The van der Waals surface area contributed by atoms with Crippen LogP contribution in [0.15, 0.2) is 15.9 Å². The molecular weight excluding hydrogens is 276 g/mol. The Morgan fingerprint density at radius 2 is 2.53 bits per heavy atom. The molecule has 2 heterocycles. The monoisotopic (exact) mass is 288 g/mol. The van der Waals surface area contributed by atoms with E-state index in [1.807, 2.05) is 12.1 Å². The molecule has 0 aromatic carbocycles. The molecule has 2 rings (SSSR count). The average Bonchev–Trinajstić information content (AvgIpc) is 2.84. The van der Waals surface area contributed by atoms with Gasteiger partial charge in [-0.15, -0.1) is 11.3 Å². The van der Waals surface area contributed by atoms with Gasteiger partial charge in [-0.25, -0.2) is 0 Å². The molecule has 1 atom stereocenters. The maximum Gasteiger partial charge on any atom is 0.237 e. The molecule has 1 aliphatic heterocycles. The molecule has 2 N–H and O–H groups in total. The van der Waals surface area contributed by atoms with Crippen molar-refractivity contribution >= 4 is 33.2 Å². The summed E-state index contributed by atoms with van der Waals surface area (Å²) in [5.74, 6) is 0.122. The van der Waals surface area contributed by atoms with Crippen molar-refractivity contribution in [2.75, 3.05) is 6.54 Å². The van der Waals surface area contributed by atoms with E-state index in [4.69, 9.17) is 0 Å². The van der Waals surface area contributed by atoms with Gasteiger partial charge >= 0.3 is 0 Å². The molecule has 15 heavy (non-hydrogen) atoms. The topological polar surface area (TPSA) is 41.1 Å². The highest BCUT2D eigenvalue weighted by Gasteiger charge is 2.21. The molecule has 0 radical (unpaired) electrons. The second kappa shape index (κ2) is 5.09. The number of halogens is 1. The minimum absolute atomic E-state index is 0.0217. The molecule has 1 aliphatic rings. The number of carbonyl (C=O) groups is 1. The first-order chi connectivity index (χ1) is 7.25. The quantitative estimate of drug-likeness (QED) is 0.892. The Balaban J connectivity index is 1.80. The Labute approximate surface area is 101 Å². The molecular formula is C10H13BrN2OS. The van der Waals surface area contributed by atoms with Crippen molar-refractivity contribution in [2.24, 2.45) is 0 Å². The Morgan fingerprint density at radius 3 is 3.13 bits per heavy atom. The molecule has 5 heteroatoms. The number of hydrogen-bond donors (Lipinski definition) is 2. The average molecular weight is 289 g/mol. The zero-order valence-corrected chi connectivity index (χ0v) is 10.7. The zero-order chi connectivity index (χ0) is 10.7. The van der Waals surface area contributed by atoms with Gasteiger partial charge in [0.25, 0.3) is 0 Å². The van der Waals surface area contributed by atoms with Crippen molar-refractivity contribution in [1.29, 1.82) is 0 Å². The van der Waals surface area contributed by atoms with Crippen LogP contribution in [0.25, 0.3) is 0 Å². The number of amides is 1. The van der Waals surface area contributed by atoms with Gasteiger partial charge in [-0.2, -0.15) is 0 Å². The lowest BCUT2D eigenvalue weighted by atomic mass is 10.2. The van der Waals surface area contributed by atoms with E-state index in [0.717, 1.165) is 23.2 Å². The van der Waals surface area contributed by atoms with Crippen LogP contribution in [0.5, 0.6) is 0 Å². The number of nitrogens with one attached hydrogen (secondary N) is 2. The third kappa shape index (κ3) is 3.03. The van der Waals surface area contributed by atoms with Crippen molar-refractivity contribution in [3.8, 4) is 0 Å². The first-order valence-electron chi connectivity index (χ1n) is 5.01. The predicted octanol–water partition coefficient (Wildman–Crippen LogP) is 1.88. The first kappa shape index (κ1) is 11.1. The molecule has 0 unspecified atom stereocenters. The van der Waals surface area contributed by atoms with Crippen LogP contribution in [0.4, 0.5) is 0 Å². The summed E-state index contributed by atoms with van der Waals surface area (Å²) in [6.07, 6.45) is 2.06. The summed E-state index contributed by atoms with van der Waals surface area (Å²) in [4.78, 5) is 12.8. The van der Waals surface area contributed by atoms with Gasteiger partial charge in [0.05, 0.1) is 16.4 Å². The minimum Gasteiger partial charge on any atom is -0.350 e. The molecule has 82 valence electrons. The molecule has 1 saturated heterocycles. The van der Waals surface area contributed by atoms with Crippen LogP contribution >= 0.6 is 27.3 Å². The Hall–Kier alpha value is -0.390. The number of rotatable bonds is 3. The summed E-state index contributed by atoms with van der Waals surface area (Å²) in [6, 6.07) is 4.05. The second-order valence-electron chi connectivity index (χ2n) is 3.57. The number of thiophene rings is 1. The lowest BCUT2D eigenvalue weighted by Gasteiger charge is -2.09. The van der Waals surface area contributed by atoms with Gasteiger partial charge in [0.15, 0.2) is 0 Å². The van der Waals surface area contributed by atoms with Crippen LogP contribution in [0.1, 0.15) is 17.7 Å². The van der Waals surface area contributed by atoms with E-state index in [2.05, 4.69) is 26.6 Å². The van der Waals surface area contributed by atoms with Gasteiger partial charge in [0.1, 0.15) is 0 Å². The normalized spacial score (nSPS) is 20.5. The Kier molecular flexibility index (Phi) is 3.77. The maximum absolute atomic E-state index is 11.6. The van der Waals surface area contributed by atoms with Crippen molar-refractivity contribution < 1.29 is 4.79 Å². The van der Waals surface area contributed by atoms with Gasteiger partial charge in [-0.05, 0) is 47.4 Å². The largest absolute Gasteiger partial charge is 0.350 e. The fraction of sp³-hybridized carbons (Fsp3) is 0.500. The maximum atomic E-state index is 11.6. The lowest BCUT2D eigenvalue weighted by molar-refractivity contribution is -0.122. The lowest BCUT2D eigenvalue weighted by Crippen LogP contribution is -2.39. The third-order valence-corrected chi connectivity index (χ3v) is 4.07. The van der Waals surface area contributed by atoms with E-state index in [1.165, 1.54) is 4.88 Å². The van der Waals surface area contributed by atoms with Crippen molar-refractivity contribution in [1.82, 2.24) is 10.6 Å². The highest BCUT2D eigenvalue weighted by molar-refractivity contribution is 9.11. The van der Waals surface area contributed by atoms with Crippen molar-refractivity contribution in [3.05, 3.63) is 20.8 Å². The Bertz CT molecular complexity index is 347. The Morgan fingerprint density at radius 1 is 1.67 bits per heavy atom. The standard InChI is InChI=1S/C10H13BrN2OS/c11-9-4-3-7(15-9)6-13-10(14)8-2-1-5-12-8/h3-4,8,12H,1-2,5-6H2,(H,13,14)/t8-/m0/s1. The highest BCUT2D eigenvalue weighted by atomic mass is 79.9. The molecule has 1 aromatic heterocycles. The van der Waals surface area contributed by atoms with Gasteiger partial charge in [-0.1, -0.05) is 0 Å². The van der Waals surface area contributed by atoms with Gasteiger partial charge in [0, 0.05) is 4.88 Å². The van der Waals surface area contributed by atoms with Gasteiger partial charge in [0.2, 0.25) is 5.91 Å². The first-order valence-corrected chi connectivity index (χ1v) is 6.62. The molecule has 3 nitrogen and oxygen atoms in total. The van der Waals surface area contributed by atoms with Crippen LogP contribution in [-0.2, 0) is 11.3 Å². The zero-order valence-electron chi connectivity index (χ0n) is 8.25. The summed E-state index contributed by atoms with van der Waals surface area (Å²) >= 11 is 5.05. The number of hydrogen-bond acceptors (Lipinski definition) is 3. The summed E-state index contributed by atoms with van der Waals surface area (Å²) in [7, 11) is 0. The van der Waals surface area contributed by atoms with Crippen LogP contribution in [0, 0.1) is 0 Å². The summed E-state index contributed by atoms with van der Waals surface area (Å²) in [6.45, 7) is 1.59. The van der Waals surface area contributed by atoms with Crippen LogP contribution < -0.4 is 10.6 Å². The van der Waals surface area contributed by atoms with E-state index < -0.39 is 0 Å². The molecule has 0 aliphatic carbocycles. The fourth-order valence-corrected chi connectivity index (χ4v) is 3.08. The minimum atomic E-state index is 0.0217. The van der Waals surface area contributed by atoms with E-state index in [-0.39, 0.29) is 11.9 Å². The molecule has 1 fully saturated rings. The molecule has 1 amide bonds. The van der Waals surface area contributed by atoms with Gasteiger partial charge < -0.3 is 10.6 Å². The SMILES string of the molecule is O=C(NCc1ccc(Br)s1)[C@@H]1CCCN1. The highest BCUT2D eigenvalue weighted by Crippen LogP contribution is 2.21. The van der Waals surface area contributed by atoms with Crippen LogP contribution in [0.2, 0.25) is 0 Å². The smallest absolute Gasteiger partial charge is 0.237 e. The van der Waals surface area contributed by atoms with Crippen molar-refractivity contribution in [3.63, 3.8) is 0 Å². The van der Waals surface area contributed by atoms with E-state index >= 15 is 0 Å². The summed E-state index contributed by atoms with van der Waals surface area (Å²) in [5, 5.41) is 6.12.